The van der Waals surface area contributed by atoms with E-state index < -0.39 is 0 Å². The van der Waals surface area contributed by atoms with Crippen molar-refractivity contribution in [1.82, 2.24) is 0 Å². The van der Waals surface area contributed by atoms with Crippen molar-refractivity contribution in [2.75, 3.05) is 4.90 Å². The van der Waals surface area contributed by atoms with E-state index in [1.54, 1.807) is 0 Å². The third-order valence-corrected chi connectivity index (χ3v) is 7.84. The highest BCUT2D eigenvalue weighted by Crippen LogP contribution is 2.48. The Kier molecular flexibility index (Phi) is 5.17. The Morgan fingerprint density at radius 1 is 0.400 bits per heavy atom. The number of anilines is 3. The molecule has 7 aromatic carbocycles. The van der Waals surface area contributed by atoms with E-state index in [4.69, 9.17) is 4.42 Å². The molecule has 8 rings (SSSR count). The van der Waals surface area contributed by atoms with Crippen molar-refractivity contribution in [3.63, 3.8) is 0 Å². The van der Waals surface area contributed by atoms with Crippen LogP contribution in [-0.2, 0) is 0 Å². The van der Waals surface area contributed by atoms with Gasteiger partial charge in [-0.05, 0) is 46.7 Å². The molecular formula is C38H25NO. The Bertz CT molecular complexity index is 2170. The molecule has 0 aliphatic heterocycles. The zero-order chi connectivity index (χ0) is 26.5. The SMILES string of the molecule is c1ccc(-c2ccccc2N(c2cccc3ccccc23)c2cccc3oc4c5ccccc5ccc4c23)cc1. The van der Waals surface area contributed by atoms with E-state index >= 15 is 0 Å². The quantitative estimate of drug-likeness (QED) is 0.234. The number of para-hydroxylation sites is 1. The van der Waals surface area contributed by atoms with Crippen LogP contribution >= 0.6 is 0 Å². The average Bonchev–Trinajstić information content (AvgIpc) is 3.42. The van der Waals surface area contributed by atoms with Crippen molar-refractivity contribution in [2.45, 2.75) is 0 Å². The van der Waals surface area contributed by atoms with E-state index in [1.807, 2.05) is 0 Å². The van der Waals surface area contributed by atoms with Crippen LogP contribution in [0, 0.1) is 0 Å². The highest BCUT2D eigenvalue weighted by Gasteiger charge is 2.23. The van der Waals surface area contributed by atoms with Gasteiger partial charge in [-0.25, -0.2) is 0 Å². The molecule has 0 bridgehead atoms. The molecule has 0 radical (unpaired) electrons. The number of nitrogens with zero attached hydrogens (tertiary/aromatic N) is 1. The molecule has 2 heteroatoms. The van der Waals surface area contributed by atoms with E-state index in [9.17, 15) is 0 Å². The summed E-state index contributed by atoms with van der Waals surface area (Å²) in [6.45, 7) is 0. The van der Waals surface area contributed by atoms with Crippen LogP contribution in [0.5, 0.6) is 0 Å². The minimum atomic E-state index is 0.881. The Balaban J connectivity index is 1.50. The molecule has 0 atom stereocenters. The van der Waals surface area contributed by atoms with Crippen molar-refractivity contribution in [2.24, 2.45) is 0 Å². The van der Waals surface area contributed by atoms with Gasteiger partial charge in [-0.3, -0.25) is 0 Å². The first-order valence-corrected chi connectivity index (χ1v) is 13.6. The minimum Gasteiger partial charge on any atom is -0.455 e. The second kappa shape index (κ2) is 9.14. The van der Waals surface area contributed by atoms with Gasteiger partial charge < -0.3 is 9.32 Å². The number of rotatable bonds is 4. The Hall–Kier alpha value is -5.34. The summed E-state index contributed by atoms with van der Waals surface area (Å²) in [7, 11) is 0. The maximum absolute atomic E-state index is 6.60. The van der Waals surface area contributed by atoms with Crippen LogP contribution in [0.4, 0.5) is 17.1 Å². The third-order valence-electron chi connectivity index (χ3n) is 7.84. The second-order valence-electron chi connectivity index (χ2n) is 10.1. The second-order valence-corrected chi connectivity index (χ2v) is 10.1. The highest BCUT2D eigenvalue weighted by molar-refractivity contribution is 6.20. The number of benzene rings is 7. The summed E-state index contributed by atoms with van der Waals surface area (Å²) < 4.78 is 6.60. The van der Waals surface area contributed by atoms with Gasteiger partial charge in [0.2, 0.25) is 0 Å². The molecule has 0 amide bonds. The fourth-order valence-electron chi connectivity index (χ4n) is 6.04. The smallest absolute Gasteiger partial charge is 0.143 e. The van der Waals surface area contributed by atoms with E-state index in [-0.39, 0.29) is 0 Å². The first-order chi connectivity index (χ1) is 19.9. The summed E-state index contributed by atoms with van der Waals surface area (Å²) in [5, 5.41) is 6.94. The number of hydrogen-bond donors (Lipinski definition) is 0. The van der Waals surface area contributed by atoms with Crippen molar-refractivity contribution in [3.8, 4) is 11.1 Å². The fourth-order valence-corrected chi connectivity index (χ4v) is 6.04. The van der Waals surface area contributed by atoms with Crippen LogP contribution < -0.4 is 4.90 Å². The van der Waals surface area contributed by atoms with Crippen molar-refractivity contribution >= 4 is 60.5 Å². The van der Waals surface area contributed by atoms with Crippen LogP contribution in [0.15, 0.2) is 156 Å². The zero-order valence-corrected chi connectivity index (χ0v) is 21.8. The van der Waals surface area contributed by atoms with Crippen LogP contribution in [0.2, 0.25) is 0 Å². The maximum Gasteiger partial charge on any atom is 0.143 e. The molecule has 0 saturated carbocycles. The maximum atomic E-state index is 6.60. The molecule has 0 aliphatic carbocycles. The average molecular weight is 512 g/mol. The van der Waals surface area contributed by atoms with E-state index in [1.165, 1.54) is 27.3 Å². The Morgan fingerprint density at radius 3 is 1.90 bits per heavy atom. The van der Waals surface area contributed by atoms with Crippen LogP contribution in [-0.4, -0.2) is 0 Å². The molecule has 0 aliphatic rings. The lowest BCUT2D eigenvalue weighted by Gasteiger charge is -2.29. The lowest BCUT2D eigenvalue weighted by molar-refractivity contribution is 0.672. The lowest BCUT2D eigenvalue weighted by atomic mass is 9.99. The standard InChI is InChI=1S/C38H25NO/c1-2-12-26(13-3-1)29-18-8-9-20-33(29)39(34-21-10-16-27-14-4-6-17-30(27)34)35-22-11-23-36-37(35)32-25-24-28-15-5-7-19-31(28)38(32)40-36/h1-25H. The largest absolute Gasteiger partial charge is 0.455 e. The molecule has 0 saturated heterocycles. The molecule has 2 nitrogen and oxygen atoms in total. The molecule has 0 fully saturated rings. The summed E-state index contributed by atoms with van der Waals surface area (Å²) in [5.74, 6) is 0. The molecular weight excluding hydrogens is 486 g/mol. The highest BCUT2D eigenvalue weighted by atomic mass is 16.3. The van der Waals surface area contributed by atoms with Gasteiger partial charge in [0.15, 0.2) is 0 Å². The van der Waals surface area contributed by atoms with Gasteiger partial charge in [0, 0.05) is 21.7 Å². The van der Waals surface area contributed by atoms with Gasteiger partial charge >= 0.3 is 0 Å². The first-order valence-electron chi connectivity index (χ1n) is 13.6. The Morgan fingerprint density at radius 2 is 1.02 bits per heavy atom. The molecule has 188 valence electrons. The first kappa shape index (κ1) is 22.6. The van der Waals surface area contributed by atoms with Gasteiger partial charge in [-0.2, -0.15) is 0 Å². The number of furan rings is 1. The van der Waals surface area contributed by atoms with Gasteiger partial charge in [0.05, 0.1) is 22.4 Å². The van der Waals surface area contributed by atoms with E-state index in [0.29, 0.717) is 0 Å². The number of fused-ring (bicyclic) bond motifs is 6. The molecule has 1 heterocycles. The van der Waals surface area contributed by atoms with Crippen molar-refractivity contribution < 1.29 is 4.42 Å². The number of hydrogen-bond acceptors (Lipinski definition) is 2. The molecule has 0 unspecified atom stereocenters. The summed E-state index contributed by atoms with van der Waals surface area (Å²) in [4.78, 5) is 2.41. The van der Waals surface area contributed by atoms with Crippen LogP contribution in [0.3, 0.4) is 0 Å². The van der Waals surface area contributed by atoms with Gasteiger partial charge in [0.1, 0.15) is 11.2 Å². The lowest BCUT2D eigenvalue weighted by Crippen LogP contribution is -2.12. The molecule has 1 aromatic heterocycles. The minimum absolute atomic E-state index is 0.881. The summed E-state index contributed by atoms with van der Waals surface area (Å²) >= 11 is 0. The predicted molar refractivity (Wildman–Crippen MR) is 169 cm³/mol. The van der Waals surface area contributed by atoms with Crippen LogP contribution in [0.25, 0.3) is 54.6 Å². The monoisotopic (exact) mass is 511 g/mol. The van der Waals surface area contributed by atoms with Gasteiger partial charge in [-0.15, -0.1) is 0 Å². The van der Waals surface area contributed by atoms with E-state index in [0.717, 1.165) is 44.4 Å². The zero-order valence-electron chi connectivity index (χ0n) is 21.8. The fraction of sp³-hybridized carbons (Fsp3) is 0. The molecule has 8 aromatic rings. The molecule has 0 N–H and O–H groups in total. The summed E-state index contributed by atoms with van der Waals surface area (Å²) in [5.41, 5.74) is 7.49. The molecule has 0 spiro atoms. The van der Waals surface area contributed by atoms with Gasteiger partial charge in [-0.1, -0.05) is 121 Å². The normalized spacial score (nSPS) is 11.5. The van der Waals surface area contributed by atoms with Crippen molar-refractivity contribution in [1.29, 1.82) is 0 Å². The predicted octanol–water partition coefficient (Wildman–Crippen LogP) is 11.0. The molecule has 40 heavy (non-hydrogen) atoms. The topological polar surface area (TPSA) is 16.4 Å². The Labute approximate surface area is 232 Å². The van der Waals surface area contributed by atoms with Crippen molar-refractivity contribution in [3.05, 3.63) is 152 Å². The summed E-state index contributed by atoms with van der Waals surface area (Å²) in [6, 6.07) is 53.7. The van der Waals surface area contributed by atoms with Gasteiger partial charge in [0.25, 0.3) is 0 Å². The third kappa shape index (κ3) is 3.50. The van der Waals surface area contributed by atoms with Crippen LogP contribution in [0.1, 0.15) is 0 Å². The van der Waals surface area contributed by atoms with E-state index in [2.05, 4.69) is 157 Å². The summed E-state index contributed by atoms with van der Waals surface area (Å²) in [6.07, 6.45) is 0.